The lowest BCUT2D eigenvalue weighted by Crippen LogP contribution is -2.28. The number of terminal acetylenes is 1. The Morgan fingerprint density at radius 3 is 2.84 bits per heavy atom. The number of rotatable bonds is 4. The van der Waals surface area contributed by atoms with Gasteiger partial charge in [-0.05, 0) is 20.8 Å². The molecule has 0 unspecified atom stereocenters. The summed E-state index contributed by atoms with van der Waals surface area (Å²) in [5.41, 5.74) is 0.313. The zero-order valence-corrected chi connectivity index (χ0v) is 11.8. The molecule has 1 rings (SSSR count). The van der Waals surface area contributed by atoms with Crippen molar-refractivity contribution in [1.29, 1.82) is 0 Å². The standard InChI is InChI=1S/C13H20N4O2/c1-6-7-14-8-10-9-15-17(5)11(10)16-12(18)19-13(2,3)4/h1,9,14H,7-8H2,2-5H3,(H,16,18). The highest BCUT2D eigenvalue weighted by Gasteiger charge is 2.18. The summed E-state index contributed by atoms with van der Waals surface area (Å²) in [6.45, 7) is 6.42. The van der Waals surface area contributed by atoms with Gasteiger partial charge in [0.2, 0.25) is 0 Å². The van der Waals surface area contributed by atoms with E-state index in [4.69, 9.17) is 11.2 Å². The highest BCUT2D eigenvalue weighted by atomic mass is 16.6. The number of carbonyl (C=O) groups excluding carboxylic acids is 1. The summed E-state index contributed by atoms with van der Waals surface area (Å²) >= 11 is 0. The highest BCUT2D eigenvalue weighted by Crippen LogP contribution is 2.15. The Labute approximate surface area is 113 Å². The monoisotopic (exact) mass is 264 g/mol. The minimum absolute atomic E-state index is 0.459. The molecule has 0 bridgehead atoms. The Kier molecular flexibility index (Phi) is 4.95. The molecule has 6 heteroatoms. The first-order valence-corrected chi connectivity index (χ1v) is 5.98. The summed E-state index contributed by atoms with van der Waals surface area (Å²) in [5, 5.41) is 9.83. The van der Waals surface area contributed by atoms with Crippen molar-refractivity contribution in [3.8, 4) is 12.3 Å². The van der Waals surface area contributed by atoms with E-state index in [1.807, 2.05) is 20.8 Å². The smallest absolute Gasteiger partial charge is 0.413 e. The van der Waals surface area contributed by atoms with Crippen LogP contribution in [0.5, 0.6) is 0 Å². The molecule has 0 radical (unpaired) electrons. The van der Waals surface area contributed by atoms with E-state index in [9.17, 15) is 4.79 Å². The maximum Gasteiger partial charge on any atom is 0.413 e. The molecule has 1 heterocycles. The van der Waals surface area contributed by atoms with Crippen molar-refractivity contribution in [1.82, 2.24) is 15.1 Å². The van der Waals surface area contributed by atoms with Crippen LogP contribution in [-0.2, 0) is 18.3 Å². The second-order valence-electron chi connectivity index (χ2n) is 5.08. The predicted molar refractivity (Wildman–Crippen MR) is 73.6 cm³/mol. The van der Waals surface area contributed by atoms with Gasteiger partial charge in [-0.25, -0.2) is 4.79 Å². The fourth-order valence-electron chi connectivity index (χ4n) is 1.44. The Balaban J connectivity index is 2.69. The fourth-order valence-corrected chi connectivity index (χ4v) is 1.44. The van der Waals surface area contributed by atoms with E-state index in [2.05, 4.69) is 21.7 Å². The van der Waals surface area contributed by atoms with Gasteiger partial charge < -0.3 is 10.1 Å². The van der Waals surface area contributed by atoms with Gasteiger partial charge in [-0.15, -0.1) is 6.42 Å². The van der Waals surface area contributed by atoms with Crippen LogP contribution >= 0.6 is 0 Å². The third kappa shape index (κ3) is 5.02. The van der Waals surface area contributed by atoms with Crippen molar-refractivity contribution >= 4 is 11.9 Å². The predicted octanol–water partition coefficient (Wildman–Crippen LogP) is 1.49. The molecule has 0 atom stereocenters. The number of hydrogen-bond donors (Lipinski definition) is 2. The maximum absolute atomic E-state index is 11.7. The third-order valence-corrected chi connectivity index (χ3v) is 2.18. The summed E-state index contributed by atoms with van der Waals surface area (Å²) in [4.78, 5) is 11.7. The average molecular weight is 264 g/mol. The van der Waals surface area contributed by atoms with E-state index >= 15 is 0 Å². The SMILES string of the molecule is C#CCNCc1cnn(C)c1NC(=O)OC(C)(C)C. The van der Waals surface area contributed by atoms with Crippen molar-refractivity contribution in [3.05, 3.63) is 11.8 Å². The van der Waals surface area contributed by atoms with Crippen LogP contribution in [-0.4, -0.2) is 28.0 Å². The molecule has 19 heavy (non-hydrogen) atoms. The molecule has 104 valence electrons. The van der Waals surface area contributed by atoms with Crippen molar-refractivity contribution in [2.75, 3.05) is 11.9 Å². The molecular formula is C13H20N4O2. The van der Waals surface area contributed by atoms with Crippen molar-refractivity contribution in [2.24, 2.45) is 7.05 Å². The molecule has 2 N–H and O–H groups in total. The first-order valence-electron chi connectivity index (χ1n) is 5.98. The third-order valence-electron chi connectivity index (χ3n) is 2.18. The molecule has 6 nitrogen and oxygen atoms in total. The largest absolute Gasteiger partial charge is 0.444 e. The zero-order valence-electron chi connectivity index (χ0n) is 11.8. The number of carbonyl (C=O) groups is 1. The van der Waals surface area contributed by atoms with Gasteiger partial charge in [-0.2, -0.15) is 5.10 Å². The molecule has 1 aromatic rings. The molecule has 1 aromatic heterocycles. The van der Waals surface area contributed by atoms with Gasteiger partial charge in [0.1, 0.15) is 11.4 Å². The number of amides is 1. The Morgan fingerprint density at radius 1 is 1.58 bits per heavy atom. The lowest BCUT2D eigenvalue weighted by Gasteiger charge is -2.20. The molecule has 0 spiro atoms. The van der Waals surface area contributed by atoms with Crippen LogP contribution in [0.1, 0.15) is 26.3 Å². The van der Waals surface area contributed by atoms with Crippen LogP contribution in [0.4, 0.5) is 10.6 Å². The Bertz CT molecular complexity index is 480. The van der Waals surface area contributed by atoms with E-state index < -0.39 is 11.7 Å². The highest BCUT2D eigenvalue weighted by molar-refractivity contribution is 5.84. The summed E-state index contributed by atoms with van der Waals surface area (Å²) in [7, 11) is 1.75. The van der Waals surface area contributed by atoms with Crippen molar-refractivity contribution < 1.29 is 9.53 Å². The summed E-state index contributed by atoms with van der Waals surface area (Å²) in [6, 6.07) is 0. The van der Waals surface area contributed by atoms with Gasteiger partial charge in [0, 0.05) is 19.2 Å². The molecule has 0 saturated carbocycles. The van der Waals surface area contributed by atoms with E-state index in [0.717, 1.165) is 5.56 Å². The molecule has 0 aliphatic rings. The summed E-state index contributed by atoms with van der Waals surface area (Å²) in [6.07, 6.45) is 6.33. The van der Waals surface area contributed by atoms with Crippen LogP contribution in [0.2, 0.25) is 0 Å². The van der Waals surface area contributed by atoms with Gasteiger partial charge in [0.25, 0.3) is 0 Å². The van der Waals surface area contributed by atoms with Crippen LogP contribution in [0.25, 0.3) is 0 Å². The molecule has 0 aliphatic carbocycles. The van der Waals surface area contributed by atoms with Gasteiger partial charge in [-0.1, -0.05) is 5.92 Å². The second-order valence-corrected chi connectivity index (χ2v) is 5.08. The van der Waals surface area contributed by atoms with Crippen molar-refractivity contribution in [2.45, 2.75) is 32.9 Å². The van der Waals surface area contributed by atoms with Crippen LogP contribution in [0.15, 0.2) is 6.20 Å². The average Bonchev–Trinajstić information content (AvgIpc) is 2.59. The topological polar surface area (TPSA) is 68.2 Å². The van der Waals surface area contributed by atoms with Crippen LogP contribution < -0.4 is 10.6 Å². The normalized spacial score (nSPS) is 10.9. The number of nitrogens with zero attached hydrogens (tertiary/aromatic N) is 2. The van der Waals surface area contributed by atoms with Crippen LogP contribution in [0.3, 0.4) is 0 Å². The van der Waals surface area contributed by atoms with E-state index in [-0.39, 0.29) is 0 Å². The van der Waals surface area contributed by atoms with Gasteiger partial charge >= 0.3 is 6.09 Å². The minimum atomic E-state index is -0.537. The molecular weight excluding hydrogens is 244 g/mol. The molecule has 0 saturated heterocycles. The fraction of sp³-hybridized carbons (Fsp3) is 0.538. The van der Waals surface area contributed by atoms with Crippen LogP contribution in [0, 0.1) is 12.3 Å². The summed E-state index contributed by atoms with van der Waals surface area (Å²) < 4.78 is 6.78. The number of aromatic nitrogens is 2. The quantitative estimate of drug-likeness (QED) is 0.638. The number of anilines is 1. The minimum Gasteiger partial charge on any atom is -0.444 e. The van der Waals surface area contributed by atoms with E-state index in [0.29, 0.717) is 18.9 Å². The van der Waals surface area contributed by atoms with E-state index in [1.54, 1.807) is 17.9 Å². The number of ether oxygens (including phenoxy) is 1. The molecule has 0 aliphatic heterocycles. The van der Waals surface area contributed by atoms with Gasteiger partial charge in [-0.3, -0.25) is 10.00 Å². The molecule has 1 amide bonds. The first kappa shape index (κ1) is 15.1. The number of aryl methyl sites for hydroxylation is 1. The number of hydrogen-bond acceptors (Lipinski definition) is 4. The lowest BCUT2D eigenvalue weighted by molar-refractivity contribution is 0.0634. The zero-order chi connectivity index (χ0) is 14.5. The first-order chi connectivity index (χ1) is 8.83. The molecule has 0 aromatic carbocycles. The lowest BCUT2D eigenvalue weighted by atomic mass is 10.2. The van der Waals surface area contributed by atoms with Gasteiger partial charge in [0.05, 0.1) is 12.7 Å². The summed E-state index contributed by atoms with van der Waals surface area (Å²) in [5.74, 6) is 3.08. The van der Waals surface area contributed by atoms with Crippen molar-refractivity contribution in [3.63, 3.8) is 0 Å². The van der Waals surface area contributed by atoms with Gasteiger partial charge in [0.15, 0.2) is 0 Å². The Hall–Kier alpha value is -2.00. The Morgan fingerprint density at radius 2 is 2.26 bits per heavy atom. The number of nitrogens with one attached hydrogen (secondary N) is 2. The second kappa shape index (κ2) is 6.25. The maximum atomic E-state index is 11.7. The molecule has 0 fully saturated rings. The van der Waals surface area contributed by atoms with E-state index in [1.165, 1.54) is 0 Å².